The molecule has 20 heavy (non-hydrogen) atoms. The molecule has 1 saturated carbocycles. The molecule has 1 saturated heterocycles. The van der Waals surface area contributed by atoms with Crippen molar-refractivity contribution in [3.63, 3.8) is 0 Å². The summed E-state index contributed by atoms with van der Waals surface area (Å²) < 4.78 is 0. The molecule has 0 spiro atoms. The molecule has 1 aromatic rings. The van der Waals surface area contributed by atoms with Crippen LogP contribution in [-0.4, -0.2) is 53.6 Å². The first kappa shape index (κ1) is 13.6. The van der Waals surface area contributed by atoms with Gasteiger partial charge in [-0.2, -0.15) is 0 Å². The highest BCUT2D eigenvalue weighted by Gasteiger charge is 2.32. The Morgan fingerprint density at radius 2 is 1.80 bits per heavy atom. The van der Waals surface area contributed by atoms with E-state index >= 15 is 0 Å². The first-order valence-corrected chi connectivity index (χ1v) is 7.48. The topological polar surface area (TPSA) is 43.8 Å². The second-order valence-corrected chi connectivity index (χ2v) is 5.93. The van der Waals surface area contributed by atoms with Gasteiger partial charge in [0.05, 0.1) is 0 Å². The molecular formula is C16H22N2O2. The van der Waals surface area contributed by atoms with Crippen molar-refractivity contribution in [1.29, 1.82) is 0 Å². The molecular weight excluding hydrogens is 252 g/mol. The molecule has 0 bridgehead atoms. The van der Waals surface area contributed by atoms with Gasteiger partial charge in [0, 0.05) is 32.7 Å². The van der Waals surface area contributed by atoms with E-state index in [1.54, 1.807) is 0 Å². The Balaban J connectivity index is 1.63. The van der Waals surface area contributed by atoms with Crippen LogP contribution >= 0.6 is 0 Å². The summed E-state index contributed by atoms with van der Waals surface area (Å²) in [4.78, 5) is 16.2. The van der Waals surface area contributed by atoms with Gasteiger partial charge in [0.2, 0.25) is 0 Å². The SMILES string of the molecule is O=C(O)C(c1ccccc1)N1CCN(CC2CC2)CC1. The van der Waals surface area contributed by atoms with Crippen molar-refractivity contribution in [3.8, 4) is 0 Å². The normalized spacial score (nSPS) is 22.6. The van der Waals surface area contributed by atoms with Gasteiger partial charge < -0.3 is 10.0 Å². The Labute approximate surface area is 120 Å². The molecule has 1 aromatic carbocycles. The van der Waals surface area contributed by atoms with Gasteiger partial charge in [0.15, 0.2) is 0 Å². The summed E-state index contributed by atoms with van der Waals surface area (Å²) >= 11 is 0. The average molecular weight is 274 g/mol. The lowest BCUT2D eigenvalue weighted by Gasteiger charge is -2.37. The summed E-state index contributed by atoms with van der Waals surface area (Å²) in [5, 5.41) is 9.54. The van der Waals surface area contributed by atoms with Gasteiger partial charge in [-0.05, 0) is 24.3 Å². The predicted molar refractivity (Wildman–Crippen MR) is 77.6 cm³/mol. The van der Waals surface area contributed by atoms with Crippen molar-refractivity contribution in [2.24, 2.45) is 5.92 Å². The zero-order valence-corrected chi connectivity index (χ0v) is 11.7. The van der Waals surface area contributed by atoms with Crippen molar-refractivity contribution in [3.05, 3.63) is 35.9 Å². The summed E-state index contributed by atoms with van der Waals surface area (Å²) in [7, 11) is 0. The summed E-state index contributed by atoms with van der Waals surface area (Å²) in [5.74, 6) is 0.165. The van der Waals surface area contributed by atoms with Gasteiger partial charge in [-0.15, -0.1) is 0 Å². The van der Waals surface area contributed by atoms with Crippen LogP contribution in [0.1, 0.15) is 24.4 Å². The lowest BCUT2D eigenvalue weighted by atomic mass is 10.0. The fraction of sp³-hybridized carbons (Fsp3) is 0.562. The number of benzene rings is 1. The van der Waals surface area contributed by atoms with Crippen LogP contribution in [-0.2, 0) is 4.79 Å². The van der Waals surface area contributed by atoms with E-state index in [0.717, 1.165) is 37.7 Å². The number of aliphatic carboxylic acids is 1. The van der Waals surface area contributed by atoms with Crippen molar-refractivity contribution < 1.29 is 9.90 Å². The summed E-state index contributed by atoms with van der Waals surface area (Å²) in [6.07, 6.45) is 2.75. The summed E-state index contributed by atoms with van der Waals surface area (Å²) in [5.41, 5.74) is 0.885. The Bertz CT molecular complexity index is 451. The highest BCUT2D eigenvalue weighted by molar-refractivity contribution is 5.75. The zero-order chi connectivity index (χ0) is 13.9. The molecule has 1 N–H and O–H groups in total. The van der Waals surface area contributed by atoms with E-state index in [1.807, 2.05) is 30.3 Å². The minimum atomic E-state index is -0.744. The Morgan fingerprint density at radius 3 is 2.35 bits per heavy atom. The third kappa shape index (κ3) is 3.19. The number of hydrogen-bond donors (Lipinski definition) is 1. The van der Waals surface area contributed by atoms with Crippen LogP contribution in [0, 0.1) is 5.92 Å². The van der Waals surface area contributed by atoms with E-state index in [-0.39, 0.29) is 0 Å². The van der Waals surface area contributed by atoms with E-state index in [4.69, 9.17) is 0 Å². The number of nitrogens with zero attached hydrogens (tertiary/aromatic N) is 2. The third-order valence-corrected chi connectivity index (χ3v) is 4.33. The minimum Gasteiger partial charge on any atom is -0.480 e. The van der Waals surface area contributed by atoms with Crippen LogP contribution in [0.4, 0.5) is 0 Å². The maximum absolute atomic E-state index is 11.6. The predicted octanol–water partition coefficient (Wildman–Crippen LogP) is 1.84. The van der Waals surface area contributed by atoms with E-state index < -0.39 is 12.0 Å². The maximum Gasteiger partial charge on any atom is 0.325 e. The van der Waals surface area contributed by atoms with Crippen molar-refractivity contribution in [2.45, 2.75) is 18.9 Å². The van der Waals surface area contributed by atoms with Gasteiger partial charge in [0.25, 0.3) is 0 Å². The smallest absolute Gasteiger partial charge is 0.325 e. The molecule has 3 rings (SSSR count). The maximum atomic E-state index is 11.6. The molecule has 1 atom stereocenters. The highest BCUT2D eigenvalue weighted by Crippen LogP contribution is 2.30. The molecule has 0 aromatic heterocycles. The molecule has 1 aliphatic carbocycles. The number of hydrogen-bond acceptors (Lipinski definition) is 3. The van der Waals surface area contributed by atoms with Gasteiger partial charge >= 0.3 is 5.97 Å². The summed E-state index contributed by atoms with van der Waals surface area (Å²) in [6, 6.07) is 9.07. The third-order valence-electron chi connectivity index (χ3n) is 4.33. The Morgan fingerprint density at radius 1 is 1.15 bits per heavy atom. The quantitative estimate of drug-likeness (QED) is 0.890. The van der Waals surface area contributed by atoms with E-state index in [1.165, 1.54) is 19.4 Å². The van der Waals surface area contributed by atoms with E-state index in [9.17, 15) is 9.90 Å². The van der Waals surface area contributed by atoms with Crippen LogP contribution in [0.5, 0.6) is 0 Å². The lowest BCUT2D eigenvalue weighted by molar-refractivity contribution is -0.144. The molecule has 2 aliphatic rings. The standard InChI is InChI=1S/C16H22N2O2/c19-16(20)15(14-4-2-1-3-5-14)18-10-8-17(9-11-18)12-13-6-7-13/h1-5,13,15H,6-12H2,(H,19,20). The number of carbonyl (C=O) groups is 1. The van der Waals surface area contributed by atoms with Crippen LogP contribution in [0.15, 0.2) is 30.3 Å². The summed E-state index contributed by atoms with van der Waals surface area (Å²) in [6.45, 7) is 4.88. The fourth-order valence-electron chi connectivity index (χ4n) is 3.01. The molecule has 4 nitrogen and oxygen atoms in total. The highest BCUT2D eigenvalue weighted by atomic mass is 16.4. The molecule has 4 heteroatoms. The molecule has 1 heterocycles. The lowest BCUT2D eigenvalue weighted by Crippen LogP contribution is -2.49. The van der Waals surface area contributed by atoms with Crippen LogP contribution in [0.2, 0.25) is 0 Å². The number of rotatable bonds is 5. The number of carboxylic acids is 1. The van der Waals surface area contributed by atoms with Crippen molar-refractivity contribution in [2.75, 3.05) is 32.7 Å². The molecule has 1 aliphatic heterocycles. The van der Waals surface area contributed by atoms with E-state index in [2.05, 4.69) is 9.80 Å². The second-order valence-electron chi connectivity index (χ2n) is 5.93. The monoisotopic (exact) mass is 274 g/mol. The number of piperazine rings is 1. The van der Waals surface area contributed by atoms with Gasteiger partial charge in [-0.1, -0.05) is 30.3 Å². The van der Waals surface area contributed by atoms with Gasteiger partial charge in [0.1, 0.15) is 6.04 Å². The van der Waals surface area contributed by atoms with Crippen molar-refractivity contribution in [1.82, 2.24) is 9.80 Å². The molecule has 0 amide bonds. The number of carboxylic acid groups (broad SMARTS) is 1. The first-order chi connectivity index (χ1) is 9.74. The molecule has 2 fully saturated rings. The minimum absolute atomic E-state index is 0.501. The fourth-order valence-corrected chi connectivity index (χ4v) is 3.01. The van der Waals surface area contributed by atoms with Crippen molar-refractivity contribution >= 4 is 5.97 Å². The zero-order valence-electron chi connectivity index (χ0n) is 11.7. The molecule has 0 radical (unpaired) electrons. The molecule has 108 valence electrons. The van der Waals surface area contributed by atoms with Crippen LogP contribution in [0.25, 0.3) is 0 Å². The van der Waals surface area contributed by atoms with Gasteiger partial charge in [-0.25, -0.2) is 0 Å². The largest absolute Gasteiger partial charge is 0.480 e. The van der Waals surface area contributed by atoms with Crippen LogP contribution < -0.4 is 0 Å². The average Bonchev–Trinajstić information content (AvgIpc) is 3.26. The second kappa shape index (κ2) is 5.94. The molecule has 1 unspecified atom stereocenters. The van der Waals surface area contributed by atoms with Crippen LogP contribution in [0.3, 0.4) is 0 Å². The Kier molecular flexibility index (Phi) is 4.03. The first-order valence-electron chi connectivity index (χ1n) is 7.48. The Hall–Kier alpha value is -1.39. The van der Waals surface area contributed by atoms with Gasteiger partial charge in [-0.3, -0.25) is 9.69 Å². The van der Waals surface area contributed by atoms with E-state index in [0.29, 0.717) is 0 Å².